The van der Waals surface area contributed by atoms with E-state index < -0.39 is 0 Å². The standard InChI is InChI=1S/C13H21N7O2/c1-9(2)6-12-15-11(17-22-12)8-19(3)13(21)10-7-20(5-4-14)18-16-10/h7,9H,4-6,8,14H2,1-3H3. The van der Waals surface area contributed by atoms with Gasteiger partial charge in [-0.25, -0.2) is 0 Å². The molecule has 0 saturated carbocycles. The van der Waals surface area contributed by atoms with Crippen molar-refractivity contribution in [2.24, 2.45) is 11.7 Å². The maximum absolute atomic E-state index is 12.2. The van der Waals surface area contributed by atoms with Gasteiger partial charge in [-0.2, -0.15) is 4.98 Å². The van der Waals surface area contributed by atoms with Crippen LogP contribution in [-0.4, -0.2) is 49.5 Å². The summed E-state index contributed by atoms with van der Waals surface area (Å²) >= 11 is 0. The molecule has 2 N–H and O–H groups in total. The zero-order valence-electron chi connectivity index (χ0n) is 13.1. The monoisotopic (exact) mass is 307 g/mol. The Morgan fingerprint density at radius 1 is 1.50 bits per heavy atom. The Morgan fingerprint density at radius 2 is 2.27 bits per heavy atom. The molecule has 0 aliphatic rings. The summed E-state index contributed by atoms with van der Waals surface area (Å²) in [6, 6.07) is 0. The lowest BCUT2D eigenvalue weighted by Crippen LogP contribution is -2.27. The summed E-state index contributed by atoms with van der Waals surface area (Å²) in [7, 11) is 1.66. The summed E-state index contributed by atoms with van der Waals surface area (Å²) in [5.41, 5.74) is 5.70. The predicted octanol–water partition coefficient (Wildman–Crippen LogP) is 0.0905. The van der Waals surface area contributed by atoms with Gasteiger partial charge < -0.3 is 15.2 Å². The summed E-state index contributed by atoms with van der Waals surface area (Å²) < 4.78 is 6.69. The van der Waals surface area contributed by atoms with E-state index in [9.17, 15) is 4.79 Å². The Labute approximate surface area is 128 Å². The molecule has 0 atom stereocenters. The number of hydrogen-bond acceptors (Lipinski definition) is 7. The summed E-state index contributed by atoms with van der Waals surface area (Å²) in [5.74, 6) is 1.24. The molecule has 120 valence electrons. The van der Waals surface area contributed by atoms with Crippen LogP contribution in [0.3, 0.4) is 0 Å². The van der Waals surface area contributed by atoms with E-state index in [1.54, 1.807) is 13.2 Å². The third-order valence-electron chi connectivity index (χ3n) is 2.93. The Bertz CT molecular complexity index is 619. The van der Waals surface area contributed by atoms with Crippen molar-refractivity contribution in [3.63, 3.8) is 0 Å². The average Bonchev–Trinajstić information content (AvgIpc) is 3.07. The van der Waals surface area contributed by atoms with Gasteiger partial charge in [0.05, 0.1) is 19.3 Å². The molecule has 9 heteroatoms. The third kappa shape index (κ3) is 4.10. The quantitative estimate of drug-likeness (QED) is 0.770. The lowest BCUT2D eigenvalue weighted by molar-refractivity contribution is 0.0774. The minimum Gasteiger partial charge on any atom is -0.339 e. The molecule has 2 rings (SSSR count). The van der Waals surface area contributed by atoms with E-state index in [1.165, 1.54) is 9.58 Å². The van der Waals surface area contributed by atoms with Gasteiger partial charge in [0.15, 0.2) is 11.5 Å². The van der Waals surface area contributed by atoms with E-state index in [0.29, 0.717) is 30.7 Å². The van der Waals surface area contributed by atoms with Crippen LogP contribution in [0.2, 0.25) is 0 Å². The van der Waals surface area contributed by atoms with Crippen LogP contribution >= 0.6 is 0 Å². The normalized spacial score (nSPS) is 11.1. The molecule has 0 aliphatic heterocycles. The largest absolute Gasteiger partial charge is 0.339 e. The Morgan fingerprint density at radius 3 is 2.95 bits per heavy atom. The number of aromatic nitrogens is 5. The highest BCUT2D eigenvalue weighted by molar-refractivity contribution is 5.91. The lowest BCUT2D eigenvalue weighted by atomic mass is 10.1. The molecule has 0 radical (unpaired) electrons. The van der Waals surface area contributed by atoms with Gasteiger partial charge in [0.2, 0.25) is 5.89 Å². The van der Waals surface area contributed by atoms with Crippen LogP contribution in [0, 0.1) is 5.92 Å². The van der Waals surface area contributed by atoms with E-state index in [-0.39, 0.29) is 18.1 Å². The van der Waals surface area contributed by atoms with Crippen LogP contribution in [-0.2, 0) is 19.5 Å². The number of carbonyl (C=O) groups is 1. The fraction of sp³-hybridized carbons (Fsp3) is 0.615. The number of amides is 1. The highest BCUT2D eigenvalue weighted by Gasteiger charge is 2.18. The van der Waals surface area contributed by atoms with E-state index in [1.807, 2.05) is 0 Å². The summed E-state index contributed by atoms with van der Waals surface area (Å²) in [5, 5.41) is 11.6. The van der Waals surface area contributed by atoms with Gasteiger partial charge in [0.25, 0.3) is 5.91 Å². The molecule has 0 unspecified atom stereocenters. The topological polar surface area (TPSA) is 116 Å². The van der Waals surface area contributed by atoms with Crippen LogP contribution in [0.5, 0.6) is 0 Å². The van der Waals surface area contributed by atoms with Crippen LogP contribution in [0.4, 0.5) is 0 Å². The summed E-state index contributed by atoms with van der Waals surface area (Å²) in [6.45, 7) is 5.36. The van der Waals surface area contributed by atoms with Gasteiger partial charge in [-0.1, -0.05) is 24.2 Å². The van der Waals surface area contributed by atoms with Crippen molar-refractivity contribution in [2.75, 3.05) is 13.6 Å². The molecule has 2 aromatic rings. The van der Waals surface area contributed by atoms with Crippen LogP contribution in [0.1, 0.15) is 36.1 Å². The summed E-state index contributed by atoms with van der Waals surface area (Å²) in [4.78, 5) is 18.0. The van der Waals surface area contributed by atoms with Gasteiger partial charge >= 0.3 is 0 Å². The van der Waals surface area contributed by atoms with E-state index in [0.717, 1.165) is 6.42 Å². The zero-order valence-corrected chi connectivity index (χ0v) is 13.1. The molecule has 0 aliphatic carbocycles. The molecule has 2 heterocycles. The number of nitrogens with zero attached hydrogens (tertiary/aromatic N) is 6. The second-order valence-corrected chi connectivity index (χ2v) is 5.52. The zero-order chi connectivity index (χ0) is 16.1. The van der Waals surface area contributed by atoms with Crippen molar-refractivity contribution in [1.29, 1.82) is 0 Å². The highest BCUT2D eigenvalue weighted by atomic mass is 16.5. The second-order valence-electron chi connectivity index (χ2n) is 5.52. The average molecular weight is 307 g/mol. The number of carbonyl (C=O) groups excluding carboxylic acids is 1. The fourth-order valence-corrected chi connectivity index (χ4v) is 1.90. The molecule has 1 amide bonds. The minimum atomic E-state index is -0.251. The van der Waals surface area contributed by atoms with E-state index >= 15 is 0 Å². The van der Waals surface area contributed by atoms with Crippen molar-refractivity contribution in [1.82, 2.24) is 30.0 Å². The van der Waals surface area contributed by atoms with E-state index in [4.69, 9.17) is 10.3 Å². The Hall–Kier alpha value is -2.29. The molecule has 0 spiro atoms. The SMILES string of the molecule is CC(C)Cc1nc(CN(C)C(=O)c2cn(CCN)nn2)no1. The maximum Gasteiger partial charge on any atom is 0.276 e. The Balaban J connectivity index is 1.96. The molecule has 0 fully saturated rings. The first kappa shape index (κ1) is 16.1. The van der Waals surface area contributed by atoms with Crippen LogP contribution in [0.25, 0.3) is 0 Å². The number of rotatable bonds is 7. The van der Waals surface area contributed by atoms with Gasteiger partial charge in [-0.05, 0) is 5.92 Å². The highest BCUT2D eigenvalue weighted by Crippen LogP contribution is 2.08. The molecule has 2 aromatic heterocycles. The smallest absolute Gasteiger partial charge is 0.276 e. The maximum atomic E-state index is 12.2. The van der Waals surface area contributed by atoms with Gasteiger partial charge in [0, 0.05) is 20.0 Å². The number of nitrogens with two attached hydrogens (primary N) is 1. The van der Waals surface area contributed by atoms with Crippen molar-refractivity contribution in [2.45, 2.75) is 33.4 Å². The summed E-state index contributed by atoms with van der Waals surface area (Å²) in [6.07, 6.45) is 2.30. The molecular formula is C13H21N7O2. The molecule has 0 bridgehead atoms. The van der Waals surface area contributed by atoms with Crippen LogP contribution in [0.15, 0.2) is 10.7 Å². The van der Waals surface area contributed by atoms with Gasteiger partial charge in [-0.3, -0.25) is 9.48 Å². The van der Waals surface area contributed by atoms with Gasteiger partial charge in [0.1, 0.15) is 0 Å². The third-order valence-corrected chi connectivity index (χ3v) is 2.93. The second kappa shape index (κ2) is 7.12. The van der Waals surface area contributed by atoms with Crippen molar-refractivity contribution < 1.29 is 9.32 Å². The first-order valence-electron chi connectivity index (χ1n) is 7.16. The fourth-order valence-electron chi connectivity index (χ4n) is 1.90. The van der Waals surface area contributed by atoms with E-state index in [2.05, 4.69) is 34.3 Å². The Kier molecular flexibility index (Phi) is 5.21. The lowest BCUT2D eigenvalue weighted by Gasteiger charge is -2.12. The van der Waals surface area contributed by atoms with Crippen molar-refractivity contribution in [3.05, 3.63) is 23.6 Å². The van der Waals surface area contributed by atoms with Crippen molar-refractivity contribution in [3.8, 4) is 0 Å². The molecule has 9 nitrogen and oxygen atoms in total. The molecule has 22 heavy (non-hydrogen) atoms. The van der Waals surface area contributed by atoms with Gasteiger partial charge in [-0.15, -0.1) is 5.10 Å². The molecule has 0 saturated heterocycles. The molecular weight excluding hydrogens is 286 g/mol. The first-order valence-corrected chi connectivity index (χ1v) is 7.16. The first-order chi connectivity index (χ1) is 10.5. The predicted molar refractivity (Wildman–Crippen MR) is 77.7 cm³/mol. The minimum absolute atomic E-state index is 0.251. The number of hydrogen-bond donors (Lipinski definition) is 1. The van der Waals surface area contributed by atoms with Crippen molar-refractivity contribution >= 4 is 5.91 Å². The molecule has 0 aromatic carbocycles. The van der Waals surface area contributed by atoms with Crippen LogP contribution < -0.4 is 5.73 Å².